The molecule has 0 saturated carbocycles. The van der Waals surface area contributed by atoms with E-state index in [0.29, 0.717) is 31.2 Å². The summed E-state index contributed by atoms with van der Waals surface area (Å²) in [6.45, 7) is 11.0. The number of likely N-dealkylation sites (N-methyl/N-ethyl adjacent to an activating group) is 1. The molecule has 180 valence electrons. The number of morpholine rings is 1. The van der Waals surface area contributed by atoms with Crippen LogP contribution in [0.25, 0.3) is 0 Å². The number of amides is 1. The van der Waals surface area contributed by atoms with E-state index in [4.69, 9.17) is 21.1 Å². The minimum Gasteiger partial charge on any atom is -0.491 e. The molecule has 0 radical (unpaired) electrons. The monoisotopic (exact) mass is 491 g/mol. The molecule has 1 atom stereocenters. The van der Waals surface area contributed by atoms with E-state index in [1.165, 1.54) is 15.3 Å². The van der Waals surface area contributed by atoms with Crippen LogP contribution in [0.5, 0.6) is 5.75 Å². The van der Waals surface area contributed by atoms with E-state index in [2.05, 4.69) is 36.8 Å². The minimum absolute atomic E-state index is 0.146. The van der Waals surface area contributed by atoms with E-state index in [0.717, 1.165) is 45.0 Å². The third-order valence-corrected chi connectivity index (χ3v) is 7.77. The Morgan fingerprint density at radius 1 is 1.15 bits per heavy atom. The highest BCUT2D eigenvalue weighted by Gasteiger charge is 2.41. The Labute approximate surface area is 206 Å². The molecule has 4 rings (SSSR count). The van der Waals surface area contributed by atoms with E-state index in [9.17, 15) is 4.79 Å². The van der Waals surface area contributed by atoms with Gasteiger partial charge in [-0.3, -0.25) is 9.69 Å². The van der Waals surface area contributed by atoms with Gasteiger partial charge in [0.1, 0.15) is 18.0 Å². The molecule has 2 fully saturated rings. The van der Waals surface area contributed by atoms with Gasteiger partial charge >= 0.3 is 0 Å². The topological polar surface area (TPSA) is 45.3 Å². The molecule has 2 aromatic rings. The molecule has 1 aromatic carbocycles. The summed E-state index contributed by atoms with van der Waals surface area (Å²) >= 11 is 7.86. The van der Waals surface area contributed by atoms with Crippen LogP contribution in [0.3, 0.4) is 0 Å². The second-order valence-electron chi connectivity index (χ2n) is 9.28. The Morgan fingerprint density at radius 2 is 1.88 bits per heavy atom. The standard InChI is InChI=1S/C25H34ClN3O3S/c1-19-14-21(20(2)33-19)16-28-12-13-32-25(17-28,18-31-23-6-4-22(26)5-7-23)15-24(30)29-10-8-27(3)9-11-29/h4-7,14H,8-13,15-18H2,1-3H3/t25-/m0/s1. The average molecular weight is 492 g/mol. The normalized spacial score (nSPS) is 22.5. The second-order valence-corrected chi connectivity index (χ2v) is 11.2. The maximum absolute atomic E-state index is 13.3. The fourth-order valence-corrected chi connectivity index (χ4v) is 5.64. The Bertz CT molecular complexity index is 943. The number of thiophene rings is 1. The van der Waals surface area contributed by atoms with E-state index in [-0.39, 0.29) is 5.91 Å². The van der Waals surface area contributed by atoms with Crippen molar-refractivity contribution in [3.05, 3.63) is 50.7 Å². The molecule has 2 aliphatic heterocycles. The number of hydrogen-bond acceptors (Lipinski definition) is 6. The van der Waals surface area contributed by atoms with E-state index in [1.807, 2.05) is 40.5 Å². The third kappa shape index (κ3) is 6.49. The summed E-state index contributed by atoms with van der Waals surface area (Å²) in [6.07, 6.45) is 0.322. The van der Waals surface area contributed by atoms with Gasteiger partial charge in [-0.15, -0.1) is 11.3 Å². The van der Waals surface area contributed by atoms with E-state index < -0.39 is 5.60 Å². The number of piperazine rings is 1. The number of carbonyl (C=O) groups excluding carboxylic acids is 1. The molecule has 8 heteroatoms. The van der Waals surface area contributed by atoms with Gasteiger partial charge in [-0.2, -0.15) is 0 Å². The van der Waals surface area contributed by atoms with Gasteiger partial charge in [0, 0.05) is 60.6 Å². The van der Waals surface area contributed by atoms with Crippen LogP contribution in [0.1, 0.15) is 21.7 Å². The van der Waals surface area contributed by atoms with Crippen LogP contribution in [0, 0.1) is 13.8 Å². The summed E-state index contributed by atoms with van der Waals surface area (Å²) in [5.41, 5.74) is 0.675. The molecule has 2 saturated heterocycles. The van der Waals surface area contributed by atoms with Gasteiger partial charge < -0.3 is 19.3 Å². The van der Waals surface area contributed by atoms with Crippen LogP contribution >= 0.6 is 22.9 Å². The predicted octanol–water partition coefficient (Wildman–Crippen LogP) is 3.83. The zero-order chi connectivity index (χ0) is 23.4. The van der Waals surface area contributed by atoms with Gasteiger partial charge in [-0.1, -0.05) is 11.6 Å². The highest BCUT2D eigenvalue weighted by Crippen LogP contribution is 2.29. The summed E-state index contributed by atoms with van der Waals surface area (Å²) in [7, 11) is 2.10. The predicted molar refractivity (Wildman–Crippen MR) is 133 cm³/mol. The first-order valence-corrected chi connectivity index (χ1v) is 12.8. The van der Waals surface area contributed by atoms with Crippen LogP contribution in [0.4, 0.5) is 0 Å². The van der Waals surface area contributed by atoms with Crippen LogP contribution in [-0.2, 0) is 16.1 Å². The van der Waals surface area contributed by atoms with E-state index in [1.54, 1.807) is 0 Å². The van der Waals surface area contributed by atoms with Crippen LogP contribution < -0.4 is 4.74 Å². The van der Waals surface area contributed by atoms with Crippen molar-refractivity contribution >= 4 is 28.8 Å². The van der Waals surface area contributed by atoms with Gasteiger partial charge in [0.2, 0.25) is 5.91 Å². The van der Waals surface area contributed by atoms with Crippen LogP contribution in [-0.4, -0.2) is 85.7 Å². The molecule has 3 heterocycles. The SMILES string of the molecule is Cc1cc(CN2CCO[C@@](COc3ccc(Cl)cc3)(CC(=O)N3CCN(C)CC3)C2)c(C)s1. The lowest BCUT2D eigenvalue weighted by molar-refractivity contribution is -0.157. The third-order valence-electron chi connectivity index (χ3n) is 6.51. The van der Waals surface area contributed by atoms with Crippen molar-refractivity contribution in [2.75, 3.05) is 59.5 Å². The first kappa shape index (κ1) is 24.5. The highest BCUT2D eigenvalue weighted by molar-refractivity contribution is 7.12. The van der Waals surface area contributed by atoms with Crippen molar-refractivity contribution in [3.63, 3.8) is 0 Å². The van der Waals surface area contributed by atoms with Gasteiger partial charge in [0.25, 0.3) is 0 Å². The lowest BCUT2D eigenvalue weighted by Gasteiger charge is -2.43. The maximum Gasteiger partial charge on any atom is 0.225 e. The molecule has 6 nitrogen and oxygen atoms in total. The van der Waals surface area contributed by atoms with Crippen molar-refractivity contribution in [2.24, 2.45) is 0 Å². The van der Waals surface area contributed by atoms with Crippen LogP contribution in [0.15, 0.2) is 30.3 Å². The lowest BCUT2D eigenvalue weighted by atomic mass is 9.96. The first-order valence-electron chi connectivity index (χ1n) is 11.6. The Kier molecular flexibility index (Phi) is 7.97. The second kappa shape index (κ2) is 10.7. The number of nitrogens with zero attached hydrogens (tertiary/aromatic N) is 3. The fourth-order valence-electron chi connectivity index (χ4n) is 4.57. The molecule has 0 aliphatic carbocycles. The number of carbonyl (C=O) groups is 1. The molecule has 1 amide bonds. The molecule has 1 aromatic heterocycles. The molecule has 33 heavy (non-hydrogen) atoms. The number of rotatable bonds is 7. The zero-order valence-corrected chi connectivity index (χ0v) is 21.4. The smallest absolute Gasteiger partial charge is 0.225 e. The van der Waals surface area contributed by atoms with Crippen LogP contribution in [0.2, 0.25) is 5.02 Å². The average Bonchev–Trinajstić information content (AvgIpc) is 3.10. The van der Waals surface area contributed by atoms with Crippen molar-refractivity contribution < 1.29 is 14.3 Å². The lowest BCUT2D eigenvalue weighted by Crippen LogP contribution is -2.58. The highest BCUT2D eigenvalue weighted by atomic mass is 35.5. The van der Waals surface area contributed by atoms with Crippen molar-refractivity contribution in [3.8, 4) is 5.75 Å². The minimum atomic E-state index is -0.683. The molecule has 0 N–H and O–H groups in total. The van der Waals surface area contributed by atoms with Crippen molar-refractivity contribution in [1.29, 1.82) is 0 Å². The first-order chi connectivity index (χ1) is 15.8. The van der Waals surface area contributed by atoms with Gasteiger partial charge in [-0.25, -0.2) is 0 Å². The Balaban J connectivity index is 1.48. The quantitative estimate of drug-likeness (QED) is 0.589. The summed E-state index contributed by atoms with van der Waals surface area (Å²) < 4.78 is 12.5. The molecule has 0 bridgehead atoms. The van der Waals surface area contributed by atoms with Gasteiger partial charge in [-0.05, 0) is 56.8 Å². The summed E-state index contributed by atoms with van der Waals surface area (Å²) in [5.74, 6) is 0.878. The molecular formula is C25H34ClN3O3S. The van der Waals surface area contributed by atoms with Gasteiger partial charge in [0.05, 0.1) is 13.0 Å². The van der Waals surface area contributed by atoms with E-state index >= 15 is 0 Å². The molecule has 0 spiro atoms. The largest absolute Gasteiger partial charge is 0.491 e. The Hall–Kier alpha value is -1.64. The maximum atomic E-state index is 13.3. The summed E-state index contributed by atoms with van der Waals surface area (Å²) in [5, 5.41) is 0.670. The summed E-state index contributed by atoms with van der Waals surface area (Å²) in [6, 6.07) is 9.62. The molecular weight excluding hydrogens is 458 g/mol. The number of hydrogen-bond donors (Lipinski definition) is 0. The Morgan fingerprint density at radius 3 is 2.55 bits per heavy atom. The van der Waals surface area contributed by atoms with Crippen molar-refractivity contribution in [2.45, 2.75) is 32.4 Å². The fraction of sp³-hybridized carbons (Fsp3) is 0.560. The summed E-state index contributed by atoms with van der Waals surface area (Å²) in [4.78, 5) is 22.6. The number of ether oxygens (including phenoxy) is 2. The number of aryl methyl sites for hydroxylation is 2. The number of benzene rings is 1. The number of halogens is 1. The van der Waals surface area contributed by atoms with Crippen molar-refractivity contribution in [1.82, 2.24) is 14.7 Å². The molecule has 0 unspecified atom stereocenters. The zero-order valence-electron chi connectivity index (χ0n) is 19.8. The molecule has 2 aliphatic rings. The van der Waals surface area contributed by atoms with Gasteiger partial charge in [0.15, 0.2) is 0 Å².